The van der Waals surface area contributed by atoms with Gasteiger partial charge in [0.1, 0.15) is 0 Å². The Morgan fingerprint density at radius 2 is 1.85 bits per heavy atom. The third-order valence-corrected chi connectivity index (χ3v) is 2.02. The smallest absolute Gasteiger partial charge is 0.0970 e. The Morgan fingerprint density at radius 3 is 2.46 bits per heavy atom. The Kier molecular flexibility index (Phi) is 2.28. The van der Waals surface area contributed by atoms with E-state index in [2.05, 4.69) is 11.2 Å². The van der Waals surface area contributed by atoms with Gasteiger partial charge in [0.2, 0.25) is 0 Å². The minimum absolute atomic E-state index is 0.743. The van der Waals surface area contributed by atoms with E-state index in [9.17, 15) is 0 Å². The number of rotatable bonds is 1. The maximum atomic E-state index is 5.77. The largest absolute Gasteiger partial charge is 0.254 e. The van der Waals surface area contributed by atoms with E-state index in [1.165, 1.54) is 0 Å². The Morgan fingerprint density at radius 1 is 1.08 bits per heavy atom. The quantitative estimate of drug-likeness (QED) is 0.670. The third-order valence-electron chi connectivity index (χ3n) is 1.76. The third kappa shape index (κ3) is 1.87. The van der Waals surface area contributed by atoms with E-state index in [0.717, 1.165) is 16.1 Å². The fourth-order valence-corrected chi connectivity index (χ4v) is 1.24. The molecule has 2 aromatic rings. The van der Waals surface area contributed by atoms with Gasteiger partial charge in [-0.25, -0.2) is 0 Å². The second kappa shape index (κ2) is 3.58. The standard InChI is InChI=1S/C11H7ClN/c12-11-5-3-9(4-6-11)10-2-1-7-13-8-10/h1-7H. The first-order chi connectivity index (χ1) is 6.36. The summed E-state index contributed by atoms with van der Waals surface area (Å²) in [6.07, 6.45) is 4.62. The molecule has 1 radical (unpaired) electrons. The lowest BCUT2D eigenvalue weighted by Crippen LogP contribution is -1.78. The summed E-state index contributed by atoms with van der Waals surface area (Å²) >= 11 is 5.77. The van der Waals surface area contributed by atoms with Crippen molar-refractivity contribution in [3.63, 3.8) is 0 Å². The zero-order valence-electron chi connectivity index (χ0n) is 6.87. The number of aromatic nitrogens is 1. The van der Waals surface area contributed by atoms with Gasteiger partial charge in [-0.1, -0.05) is 29.8 Å². The summed E-state index contributed by atoms with van der Waals surface area (Å²) in [5.74, 6) is 0. The molecule has 1 heterocycles. The van der Waals surface area contributed by atoms with E-state index in [1.54, 1.807) is 6.20 Å². The van der Waals surface area contributed by atoms with Crippen LogP contribution in [-0.2, 0) is 0 Å². The molecule has 0 bridgehead atoms. The minimum Gasteiger partial charge on any atom is -0.254 e. The number of pyridine rings is 1. The van der Waals surface area contributed by atoms with Crippen LogP contribution in [0.1, 0.15) is 0 Å². The van der Waals surface area contributed by atoms with Crippen LogP contribution in [0.25, 0.3) is 11.1 Å². The Labute approximate surface area is 82.0 Å². The lowest BCUT2D eigenvalue weighted by molar-refractivity contribution is 1.31. The van der Waals surface area contributed by atoms with Gasteiger partial charge in [0.25, 0.3) is 0 Å². The highest BCUT2D eigenvalue weighted by Crippen LogP contribution is 2.19. The van der Waals surface area contributed by atoms with E-state index in [4.69, 9.17) is 11.6 Å². The van der Waals surface area contributed by atoms with Crippen molar-refractivity contribution < 1.29 is 0 Å². The SMILES string of the molecule is Clc1ccc(-c2[c]nccc2)cc1. The number of benzene rings is 1. The molecule has 0 aliphatic carbocycles. The van der Waals surface area contributed by atoms with Gasteiger partial charge in [-0.05, 0) is 23.8 Å². The molecule has 1 aromatic carbocycles. The first kappa shape index (κ1) is 8.27. The molecular formula is C11H7ClN. The van der Waals surface area contributed by atoms with Gasteiger partial charge in [0, 0.05) is 16.8 Å². The summed E-state index contributed by atoms with van der Waals surface area (Å²) in [5, 5.41) is 0.743. The molecule has 0 N–H and O–H groups in total. The van der Waals surface area contributed by atoms with Crippen LogP contribution in [0.4, 0.5) is 0 Å². The van der Waals surface area contributed by atoms with Crippen molar-refractivity contribution in [2.45, 2.75) is 0 Å². The van der Waals surface area contributed by atoms with Gasteiger partial charge < -0.3 is 0 Å². The molecule has 2 heteroatoms. The van der Waals surface area contributed by atoms with Crippen LogP contribution in [0.5, 0.6) is 0 Å². The van der Waals surface area contributed by atoms with Gasteiger partial charge in [0.15, 0.2) is 0 Å². The van der Waals surface area contributed by atoms with Crippen molar-refractivity contribution in [2.75, 3.05) is 0 Å². The number of hydrogen-bond acceptors (Lipinski definition) is 1. The van der Waals surface area contributed by atoms with Gasteiger partial charge in [-0.2, -0.15) is 0 Å². The molecule has 0 aliphatic heterocycles. The second-order valence-corrected chi connectivity index (χ2v) is 3.11. The molecule has 63 valence electrons. The monoisotopic (exact) mass is 188 g/mol. The summed E-state index contributed by atoms with van der Waals surface area (Å²) in [6, 6.07) is 11.5. The lowest BCUT2D eigenvalue weighted by Gasteiger charge is -1.98. The average Bonchev–Trinajstić information content (AvgIpc) is 2.20. The topological polar surface area (TPSA) is 12.9 Å². The predicted octanol–water partition coefficient (Wildman–Crippen LogP) is 3.20. The molecule has 0 fully saturated rings. The zero-order chi connectivity index (χ0) is 9.10. The van der Waals surface area contributed by atoms with Gasteiger partial charge in [-0.15, -0.1) is 0 Å². The second-order valence-electron chi connectivity index (χ2n) is 2.67. The van der Waals surface area contributed by atoms with Crippen molar-refractivity contribution in [1.82, 2.24) is 4.98 Å². The summed E-state index contributed by atoms with van der Waals surface area (Å²) < 4.78 is 0. The fourth-order valence-electron chi connectivity index (χ4n) is 1.12. The minimum atomic E-state index is 0.743. The van der Waals surface area contributed by atoms with Crippen LogP contribution in [-0.4, -0.2) is 4.98 Å². The first-order valence-corrected chi connectivity index (χ1v) is 4.33. The van der Waals surface area contributed by atoms with E-state index in [-0.39, 0.29) is 0 Å². The normalized spacial score (nSPS) is 9.92. The van der Waals surface area contributed by atoms with Gasteiger partial charge in [-0.3, -0.25) is 4.98 Å². The van der Waals surface area contributed by atoms with Crippen LogP contribution < -0.4 is 0 Å². The number of hydrogen-bond donors (Lipinski definition) is 0. The van der Waals surface area contributed by atoms with Crippen LogP contribution in [0, 0.1) is 6.20 Å². The fraction of sp³-hybridized carbons (Fsp3) is 0. The maximum absolute atomic E-state index is 5.77. The summed E-state index contributed by atoms with van der Waals surface area (Å²) in [4.78, 5) is 3.93. The molecule has 0 saturated heterocycles. The Bertz CT molecular complexity index is 381. The molecule has 0 spiro atoms. The predicted molar refractivity (Wildman–Crippen MR) is 53.5 cm³/mol. The van der Waals surface area contributed by atoms with E-state index in [1.807, 2.05) is 36.4 Å². The molecule has 0 saturated carbocycles. The molecule has 0 atom stereocenters. The molecule has 0 unspecified atom stereocenters. The van der Waals surface area contributed by atoms with Crippen molar-refractivity contribution in [3.05, 3.63) is 53.8 Å². The summed E-state index contributed by atoms with van der Waals surface area (Å²) in [5.41, 5.74) is 2.07. The number of halogens is 1. The van der Waals surface area contributed by atoms with E-state index >= 15 is 0 Å². The van der Waals surface area contributed by atoms with Crippen molar-refractivity contribution in [3.8, 4) is 11.1 Å². The highest BCUT2D eigenvalue weighted by Gasteiger charge is 1.95. The maximum Gasteiger partial charge on any atom is 0.0970 e. The van der Waals surface area contributed by atoms with Crippen molar-refractivity contribution in [1.29, 1.82) is 0 Å². The average molecular weight is 189 g/mol. The van der Waals surface area contributed by atoms with Crippen LogP contribution in [0.3, 0.4) is 0 Å². The first-order valence-electron chi connectivity index (χ1n) is 3.95. The van der Waals surface area contributed by atoms with Gasteiger partial charge >= 0.3 is 0 Å². The van der Waals surface area contributed by atoms with Crippen molar-refractivity contribution >= 4 is 11.6 Å². The van der Waals surface area contributed by atoms with E-state index < -0.39 is 0 Å². The molecule has 1 aromatic heterocycles. The highest BCUT2D eigenvalue weighted by molar-refractivity contribution is 6.30. The molecule has 13 heavy (non-hydrogen) atoms. The molecular weight excluding hydrogens is 182 g/mol. The Balaban J connectivity index is 2.42. The highest BCUT2D eigenvalue weighted by atomic mass is 35.5. The molecule has 2 rings (SSSR count). The Hall–Kier alpha value is -1.34. The molecule has 0 aliphatic rings. The lowest BCUT2D eigenvalue weighted by atomic mass is 10.1. The van der Waals surface area contributed by atoms with Gasteiger partial charge in [0.05, 0.1) is 6.20 Å². The molecule has 1 nitrogen and oxygen atoms in total. The summed E-state index contributed by atoms with van der Waals surface area (Å²) in [7, 11) is 0. The van der Waals surface area contributed by atoms with E-state index in [0.29, 0.717) is 0 Å². The van der Waals surface area contributed by atoms with Crippen molar-refractivity contribution in [2.24, 2.45) is 0 Å². The summed E-state index contributed by atoms with van der Waals surface area (Å²) in [6.45, 7) is 0. The molecule has 0 amide bonds. The van der Waals surface area contributed by atoms with Crippen LogP contribution in [0.15, 0.2) is 42.6 Å². The van der Waals surface area contributed by atoms with Crippen LogP contribution in [0.2, 0.25) is 5.02 Å². The zero-order valence-corrected chi connectivity index (χ0v) is 7.62. The number of nitrogens with zero attached hydrogens (tertiary/aromatic N) is 1. The van der Waals surface area contributed by atoms with Crippen LogP contribution >= 0.6 is 11.6 Å².